The molecule has 0 saturated carbocycles. The van der Waals surface area contributed by atoms with Crippen LogP contribution in [0.15, 0.2) is 85.1 Å². The van der Waals surface area contributed by atoms with E-state index < -0.39 is 86.8 Å². The molecule has 2 saturated heterocycles. The monoisotopic (exact) mass is 906 g/mol. The summed E-state index contributed by atoms with van der Waals surface area (Å²) < 4.78 is 22.6. The maximum atomic E-state index is 13.1. The first-order valence-corrected chi connectivity index (χ1v) is 23.8. The lowest BCUT2D eigenvalue weighted by molar-refractivity contribution is -0.359. The van der Waals surface area contributed by atoms with E-state index in [1.807, 2.05) is 18.2 Å². The van der Waals surface area contributed by atoms with Crippen LogP contribution in [0.25, 0.3) is 0 Å². The van der Waals surface area contributed by atoms with Gasteiger partial charge < -0.3 is 65.1 Å². The molecule has 0 aliphatic carbocycles. The van der Waals surface area contributed by atoms with E-state index in [2.05, 4.69) is 79.9 Å². The van der Waals surface area contributed by atoms with E-state index in [1.165, 1.54) is 38.5 Å². The molecule has 14 heteroatoms. The highest BCUT2D eigenvalue weighted by Crippen LogP contribution is 2.30. The Morgan fingerprint density at radius 2 is 1.08 bits per heavy atom. The van der Waals surface area contributed by atoms with Gasteiger partial charge in [0.1, 0.15) is 48.8 Å². The Kier molecular flexibility index (Phi) is 32.5. The van der Waals surface area contributed by atoms with Crippen LogP contribution in [0, 0.1) is 0 Å². The van der Waals surface area contributed by atoms with Gasteiger partial charge in [-0.3, -0.25) is 4.79 Å². The van der Waals surface area contributed by atoms with Crippen molar-refractivity contribution in [1.82, 2.24) is 5.32 Å². The molecule has 64 heavy (non-hydrogen) atoms. The Labute approximate surface area is 382 Å². The SMILES string of the molecule is CC/C=C\C/C=C\C/C=C\C/C=C\C/C=C\C/C=C\CCC(=O)NC(COC1OC(CO)C(OC2OC(CO)C(O)C(O)C2O)C(O)C1O)C(O)/C=C/CCCCCCCCCCC. The molecule has 0 radical (unpaired) electrons. The number of hydrogen-bond donors (Lipinski definition) is 9. The van der Waals surface area contributed by atoms with Gasteiger partial charge in [0, 0.05) is 6.42 Å². The van der Waals surface area contributed by atoms with Gasteiger partial charge in [0.2, 0.25) is 5.91 Å². The highest BCUT2D eigenvalue weighted by Gasteiger charge is 2.50. The van der Waals surface area contributed by atoms with Gasteiger partial charge in [-0.1, -0.05) is 150 Å². The normalized spacial score (nSPS) is 28.0. The van der Waals surface area contributed by atoms with Crippen LogP contribution in [0.3, 0.4) is 0 Å². The number of amides is 1. The van der Waals surface area contributed by atoms with Crippen LogP contribution < -0.4 is 5.32 Å². The molecular formula is C50H83NO13. The minimum absolute atomic E-state index is 0.151. The molecule has 0 aromatic heterocycles. The van der Waals surface area contributed by atoms with Gasteiger partial charge in [0.25, 0.3) is 0 Å². The van der Waals surface area contributed by atoms with E-state index in [0.29, 0.717) is 6.42 Å². The van der Waals surface area contributed by atoms with E-state index >= 15 is 0 Å². The second kappa shape index (κ2) is 36.3. The third-order valence-corrected chi connectivity index (χ3v) is 11.1. The molecule has 2 aliphatic heterocycles. The minimum Gasteiger partial charge on any atom is -0.394 e. The Morgan fingerprint density at radius 1 is 0.578 bits per heavy atom. The number of aliphatic hydroxyl groups excluding tert-OH is 8. The molecule has 1 amide bonds. The Morgan fingerprint density at radius 3 is 1.62 bits per heavy atom. The summed E-state index contributed by atoms with van der Waals surface area (Å²) in [7, 11) is 0. The summed E-state index contributed by atoms with van der Waals surface area (Å²) in [5.41, 5.74) is 0. The number of allylic oxidation sites excluding steroid dienone is 13. The van der Waals surface area contributed by atoms with Crippen LogP contribution in [0.1, 0.15) is 129 Å². The first-order chi connectivity index (χ1) is 31.1. The number of carbonyl (C=O) groups excluding carboxylic acids is 1. The molecule has 2 rings (SSSR count). The highest BCUT2D eigenvalue weighted by atomic mass is 16.7. The van der Waals surface area contributed by atoms with Crippen LogP contribution in [0.4, 0.5) is 0 Å². The van der Waals surface area contributed by atoms with E-state index in [4.69, 9.17) is 18.9 Å². The summed E-state index contributed by atoms with van der Waals surface area (Å²) in [6.07, 6.45) is 29.3. The molecule has 9 N–H and O–H groups in total. The lowest BCUT2D eigenvalue weighted by Gasteiger charge is -2.46. The lowest BCUT2D eigenvalue weighted by atomic mass is 9.97. The van der Waals surface area contributed by atoms with Crippen molar-refractivity contribution >= 4 is 5.91 Å². The van der Waals surface area contributed by atoms with Crippen LogP contribution >= 0.6 is 0 Å². The molecule has 0 aromatic rings. The topological polar surface area (TPSA) is 228 Å². The molecule has 2 heterocycles. The molecule has 2 aliphatic rings. The van der Waals surface area contributed by atoms with Crippen LogP contribution in [-0.2, 0) is 23.7 Å². The summed E-state index contributed by atoms with van der Waals surface area (Å²) in [4.78, 5) is 13.1. The quantitative estimate of drug-likeness (QED) is 0.0291. The summed E-state index contributed by atoms with van der Waals surface area (Å²) in [5, 5.41) is 86.4. The molecule has 2 fully saturated rings. The molecule has 0 aromatic carbocycles. The highest BCUT2D eigenvalue weighted by molar-refractivity contribution is 5.76. The number of hydrogen-bond acceptors (Lipinski definition) is 13. The van der Waals surface area contributed by atoms with Gasteiger partial charge in [-0.15, -0.1) is 0 Å². The average Bonchev–Trinajstić information content (AvgIpc) is 3.29. The number of carbonyl (C=O) groups is 1. The zero-order chi connectivity index (χ0) is 46.8. The number of aliphatic hydroxyl groups is 8. The van der Waals surface area contributed by atoms with Gasteiger partial charge >= 0.3 is 0 Å². The van der Waals surface area contributed by atoms with Gasteiger partial charge in [-0.05, 0) is 57.8 Å². The number of rotatable bonds is 34. The summed E-state index contributed by atoms with van der Waals surface area (Å²) >= 11 is 0. The van der Waals surface area contributed by atoms with E-state index in [0.717, 1.165) is 64.2 Å². The van der Waals surface area contributed by atoms with Crippen molar-refractivity contribution in [2.45, 2.75) is 203 Å². The fraction of sp³-hybridized carbons (Fsp3) is 0.700. The van der Waals surface area contributed by atoms with Gasteiger partial charge in [-0.25, -0.2) is 0 Å². The maximum Gasteiger partial charge on any atom is 0.220 e. The van der Waals surface area contributed by atoms with Crippen molar-refractivity contribution in [1.29, 1.82) is 0 Å². The number of ether oxygens (including phenoxy) is 4. The molecule has 12 unspecified atom stereocenters. The van der Waals surface area contributed by atoms with Gasteiger partial charge in [-0.2, -0.15) is 0 Å². The minimum atomic E-state index is -1.80. The number of nitrogens with one attached hydrogen (secondary N) is 1. The smallest absolute Gasteiger partial charge is 0.220 e. The summed E-state index contributed by atoms with van der Waals surface area (Å²) in [5.74, 6) is -0.328. The van der Waals surface area contributed by atoms with Gasteiger partial charge in [0.15, 0.2) is 12.6 Å². The Balaban J connectivity index is 1.91. The van der Waals surface area contributed by atoms with Crippen molar-refractivity contribution in [3.8, 4) is 0 Å². The molecule has 0 spiro atoms. The molecule has 12 atom stereocenters. The zero-order valence-electron chi connectivity index (χ0n) is 38.5. The van der Waals surface area contributed by atoms with Crippen molar-refractivity contribution in [3.05, 3.63) is 85.1 Å². The second-order valence-corrected chi connectivity index (χ2v) is 16.5. The van der Waals surface area contributed by atoms with Crippen molar-refractivity contribution < 1.29 is 64.6 Å². The van der Waals surface area contributed by atoms with E-state index in [1.54, 1.807) is 6.08 Å². The van der Waals surface area contributed by atoms with Crippen LogP contribution in [-0.4, -0.2) is 140 Å². The fourth-order valence-electron chi connectivity index (χ4n) is 7.19. The maximum absolute atomic E-state index is 13.1. The Hall–Kier alpha value is -2.83. The first-order valence-electron chi connectivity index (χ1n) is 23.8. The zero-order valence-corrected chi connectivity index (χ0v) is 38.5. The number of unbranched alkanes of at least 4 members (excludes halogenated alkanes) is 9. The van der Waals surface area contributed by atoms with E-state index in [9.17, 15) is 45.6 Å². The largest absolute Gasteiger partial charge is 0.394 e. The van der Waals surface area contributed by atoms with Gasteiger partial charge in [0.05, 0.1) is 32.0 Å². The Bertz CT molecular complexity index is 1400. The lowest BCUT2D eigenvalue weighted by Crippen LogP contribution is -2.65. The molecule has 14 nitrogen and oxygen atoms in total. The van der Waals surface area contributed by atoms with Crippen molar-refractivity contribution in [3.63, 3.8) is 0 Å². The van der Waals surface area contributed by atoms with Crippen LogP contribution in [0.2, 0.25) is 0 Å². The standard InChI is InChI=1S/C50H83NO13/c1-3-5-7-9-11-13-15-16-17-18-19-20-21-22-24-26-28-30-32-34-42(55)51-38(39(54)33-31-29-27-25-23-14-12-10-8-6-4-2)37-61-49-47(60)45(58)48(41(36-53)63-49)64-50-46(59)44(57)43(56)40(35-52)62-50/h5,7,11,13,16-17,19-20,22,24,28,30-31,33,38-41,43-50,52-54,56-60H,3-4,6,8-10,12,14-15,18,21,23,25-27,29,32,34-37H2,1-2H3,(H,51,55)/b7-5-,13-11-,17-16-,20-19-,24-22-,30-28-,33-31+. The average molecular weight is 906 g/mol. The predicted molar refractivity (Wildman–Crippen MR) is 249 cm³/mol. The summed E-state index contributed by atoms with van der Waals surface area (Å²) in [6.45, 7) is 2.57. The van der Waals surface area contributed by atoms with Crippen LogP contribution in [0.5, 0.6) is 0 Å². The first kappa shape index (κ1) is 57.3. The molecular weight excluding hydrogens is 823 g/mol. The third-order valence-electron chi connectivity index (χ3n) is 11.1. The van der Waals surface area contributed by atoms with Crippen molar-refractivity contribution in [2.75, 3.05) is 19.8 Å². The molecule has 366 valence electrons. The van der Waals surface area contributed by atoms with Crippen molar-refractivity contribution in [2.24, 2.45) is 0 Å². The summed E-state index contributed by atoms with van der Waals surface area (Å²) in [6, 6.07) is -0.958. The fourth-order valence-corrected chi connectivity index (χ4v) is 7.19. The van der Waals surface area contributed by atoms with E-state index in [-0.39, 0.29) is 18.9 Å². The second-order valence-electron chi connectivity index (χ2n) is 16.5. The third kappa shape index (κ3) is 23.6. The predicted octanol–water partition coefficient (Wildman–Crippen LogP) is 5.43. The molecule has 0 bridgehead atoms.